The molecular formula is C10H14N2O3. The Balaban J connectivity index is 2.60. The van der Waals surface area contributed by atoms with Crippen LogP contribution in [0.5, 0.6) is 5.88 Å². The number of aromatic amines is 1. The molecule has 0 spiro atoms. The Morgan fingerprint density at radius 2 is 1.93 bits per heavy atom. The van der Waals surface area contributed by atoms with Crippen LogP contribution < -0.4 is 11.2 Å². The molecule has 2 rings (SSSR count). The Hall–Kier alpha value is -1.52. The van der Waals surface area contributed by atoms with E-state index >= 15 is 0 Å². The van der Waals surface area contributed by atoms with Crippen molar-refractivity contribution < 1.29 is 5.11 Å². The molecule has 0 aromatic carbocycles. The fourth-order valence-corrected chi connectivity index (χ4v) is 2.13. The SMILES string of the molecule is Cc1c(O)n(C2CCCC2)c(=O)[nH]c1=O. The second kappa shape index (κ2) is 3.56. The zero-order chi connectivity index (χ0) is 11.0. The third kappa shape index (κ3) is 1.58. The molecule has 82 valence electrons. The molecule has 5 heteroatoms. The van der Waals surface area contributed by atoms with E-state index in [1.807, 2.05) is 0 Å². The molecule has 0 saturated heterocycles. The molecule has 1 saturated carbocycles. The number of nitrogens with one attached hydrogen (secondary N) is 1. The van der Waals surface area contributed by atoms with E-state index in [0.717, 1.165) is 25.7 Å². The Morgan fingerprint density at radius 3 is 2.53 bits per heavy atom. The minimum atomic E-state index is -0.508. The summed E-state index contributed by atoms with van der Waals surface area (Å²) in [7, 11) is 0. The molecule has 1 fully saturated rings. The van der Waals surface area contributed by atoms with Crippen LogP contribution in [-0.2, 0) is 0 Å². The first-order chi connectivity index (χ1) is 7.11. The summed E-state index contributed by atoms with van der Waals surface area (Å²) in [6, 6.07) is 0.0352. The largest absolute Gasteiger partial charge is 0.494 e. The highest BCUT2D eigenvalue weighted by Gasteiger charge is 2.22. The van der Waals surface area contributed by atoms with Crippen LogP contribution in [0.25, 0.3) is 0 Å². The monoisotopic (exact) mass is 210 g/mol. The van der Waals surface area contributed by atoms with Gasteiger partial charge in [0.15, 0.2) is 0 Å². The number of hydrogen-bond acceptors (Lipinski definition) is 3. The zero-order valence-electron chi connectivity index (χ0n) is 8.62. The molecule has 0 amide bonds. The summed E-state index contributed by atoms with van der Waals surface area (Å²) in [5.74, 6) is -0.185. The van der Waals surface area contributed by atoms with Gasteiger partial charge >= 0.3 is 5.69 Å². The summed E-state index contributed by atoms with van der Waals surface area (Å²) >= 11 is 0. The van der Waals surface area contributed by atoms with E-state index in [1.165, 1.54) is 11.5 Å². The van der Waals surface area contributed by atoms with Crippen molar-refractivity contribution in [2.45, 2.75) is 38.6 Å². The highest BCUT2D eigenvalue weighted by atomic mass is 16.3. The zero-order valence-corrected chi connectivity index (χ0v) is 8.62. The average molecular weight is 210 g/mol. The van der Waals surface area contributed by atoms with E-state index in [9.17, 15) is 14.7 Å². The Labute approximate surface area is 86.4 Å². The molecule has 0 atom stereocenters. The molecule has 0 aliphatic heterocycles. The van der Waals surface area contributed by atoms with Crippen LogP contribution in [0.2, 0.25) is 0 Å². The third-order valence-electron chi connectivity index (χ3n) is 3.03. The molecule has 5 nitrogen and oxygen atoms in total. The van der Waals surface area contributed by atoms with Gasteiger partial charge in [-0.1, -0.05) is 12.8 Å². The van der Waals surface area contributed by atoms with Crippen molar-refractivity contribution in [2.24, 2.45) is 0 Å². The number of H-pyrrole nitrogens is 1. The van der Waals surface area contributed by atoms with Crippen molar-refractivity contribution in [3.8, 4) is 5.88 Å². The first kappa shape index (κ1) is 10.0. The average Bonchev–Trinajstić information content (AvgIpc) is 2.68. The van der Waals surface area contributed by atoms with E-state index in [4.69, 9.17) is 0 Å². The number of aromatic hydroxyl groups is 1. The van der Waals surface area contributed by atoms with Gasteiger partial charge in [-0.05, 0) is 19.8 Å². The summed E-state index contributed by atoms with van der Waals surface area (Å²) in [6.07, 6.45) is 3.90. The predicted molar refractivity (Wildman–Crippen MR) is 55.2 cm³/mol. The molecule has 1 aliphatic carbocycles. The maximum absolute atomic E-state index is 11.5. The Bertz CT molecular complexity index is 480. The van der Waals surface area contributed by atoms with Crippen LogP contribution in [0, 0.1) is 6.92 Å². The van der Waals surface area contributed by atoms with Crippen molar-refractivity contribution in [1.29, 1.82) is 0 Å². The lowest BCUT2D eigenvalue weighted by atomic mass is 10.2. The van der Waals surface area contributed by atoms with Crippen molar-refractivity contribution in [3.63, 3.8) is 0 Å². The van der Waals surface area contributed by atoms with Crippen LogP contribution in [0.3, 0.4) is 0 Å². The van der Waals surface area contributed by atoms with Crippen LogP contribution in [0.15, 0.2) is 9.59 Å². The first-order valence-corrected chi connectivity index (χ1v) is 5.15. The quantitative estimate of drug-likeness (QED) is 0.715. The highest BCUT2D eigenvalue weighted by Crippen LogP contribution is 2.30. The van der Waals surface area contributed by atoms with Crippen LogP contribution in [0.1, 0.15) is 37.3 Å². The van der Waals surface area contributed by atoms with E-state index in [0.29, 0.717) is 0 Å². The van der Waals surface area contributed by atoms with E-state index < -0.39 is 11.2 Å². The van der Waals surface area contributed by atoms with Crippen molar-refractivity contribution in [2.75, 3.05) is 0 Å². The minimum absolute atomic E-state index is 0.0352. The molecule has 1 heterocycles. The maximum Gasteiger partial charge on any atom is 0.331 e. The van der Waals surface area contributed by atoms with Crippen LogP contribution >= 0.6 is 0 Å². The summed E-state index contributed by atoms with van der Waals surface area (Å²) in [4.78, 5) is 25.0. The standard InChI is InChI=1S/C10H14N2O3/c1-6-8(13)11-10(15)12(9(6)14)7-4-2-3-5-7/h7,14H,2-5H2,1H3,(H,11,13,15). The van der Waals surface area contributed by atoms with Gasteiger partial charge in [-0.2, -0.15) is 0 Å². The molecule has 15 heavy (non-hydrogen) atoms. The Morgan fingerprint density at radius 1 is 1.33 bits per heavy atom. The van der Waals surface area contributed by atoms with E-state index in [-0.39, 0.29) is 17.5 Å². The van der Waals surface area contributed by atoms with Gasteiger partial charge in [-0.3, -0.25) is 14.3 Å². The van der Waals surface area contributed by atoms with E-state index in [1.54, 1.807) is 0 Å². The van der Waals surface area contributed by atoms with Crippen molar-refractivity contribution >= 4 is 0 Å². The second-order valence-corrected chi connectivity index (χ2v) is 4.02. The highest BCUT2D eigenvalue weighted by molar-refractivity contribution is 5.21. The van der Waals surface area contributed by atoms with Crippen LogP contribution in [-0.4, -0.2) is 14.7 Å². The van der Waals surface area contributed by atoms with E-state index in [2.05, 4.69) is 4.98 Å². The fraction of sp³-hybridized carbons (Fsp3) is 0.600. The predicted octanol–water partition coefficient (Wildman–Crippen LogP) is 0.666. The molecule has 0 unspecified atom stereocenters. The van der Waals surface area contributed by atoms with Crippen molar-refractivity contribution in [1.82, 2.24) is 9.55 Å². The lowest BCUT2D eigenvalue weighted by Crippen LogP contribution is -2.33. The number of hydrogen-bond donors (Lipinski definition) is 2. The fourth-order valence-electron chi connectivity index (χ4n) is 2.13. The van der Waals surface area contributed by atoms with Crippen LogP contribution in [0.4, 0.5) is 0 Å². The molecule has 0 radical (unpaired) electrons. The lowest BCUT2D eigenvalue weighted by molar-refractivity contribution is 0.359. The summed E-state index contributed by atoms with van der Waals surface area (Å²) in [5.41, 5.74) is -0.803. The lowest BCUT2D eigenvalue weighted by Gasteiger charge is -2.15. The van der Waals surface area contributed by atoms with Gasteiger partial charge in [0.05, 0.1) is 5.56 Å². The first-order valence-electron chi connectivity index (χ1n) is 5.15. The summed E-state index contributed by atoms with van der Waals surface area (Å²) in [5, 5.41) is 9.76. The molecule has 0 bridgehead atoms. The number of nitrogens with zero attached hydrogens (tertiary/aromatic N) is 1. The van der Waals surface area contributed by atoms with Gasteiger partial charge < -0.3 is 5.11 Å². The van der Waals surface area contributed by atoms with Gasteiger partial charge in [-0.15, -0.1) is 0 Å². The smallest absolute Gasteiger partial charge is 0.331 e. The van der Waals surface area contributed by atoms with Crippen molar-refractivity contribution in [3.05, 3.63) is 26.4 Å². The van der Waals surface area contributed by atoms with Gasteiger partial charge in [0.2, 0.25) is 5.88 Å². The summed E-state index contributed by atoms with van der Waals surface area (Å²) < 4.78 is 1.31. The normalized spacial score (nSPS) is 17.1. The molecule has 1 aliphatic rings. The number of aromatic nitrogens is 2. The topological polar surface area (TPSA) is 75.1 Å². The third-order valence-corrected chi connectivity index (χ3v) is 3.03. The minimum Gasteiger partial charge on any atom is -0.494 e. The van der Waals surface area contributed by atoms with Gasteiger partial charge in [-0.25, -0.2) is 4.79 Å². The second-order valence-electron chi connectivity index (χ2n) is 4.02. The Kier molecular flexibility index (Phi) is 2.38. The molecular weight excluding hydrogens is 196 g/mol. The summed E-state index contributed by atoms with van der Waals surface area (Å²) in [6.45, 7) is 1.51. The molecule has 2 N–H and O–H groups in total. The maximum atomic E-state index is 11.5. The van der Waals surface area contributed by atoms with Gasteiger partial charge in [0.25, 0.3) is 5.56 Å². The van der Waals surface area contributed by atoms with Gasteiger partial charge in [0.1, 0.15) is 0 Å². The number of rotatable bonds is 1. The van der Waals surface area contributed by atoms with Gasteiger partial charge in [0, 0.05) is 6.04 Å². The molecule has 1 aromatic rings. The molecule has 1 aromatic heterocycles.